The van der Waals surface area contributed by atoms with Gasteiger partial charge in [-0.1, -0.05) is 0 Å². The predicted molar refractivity (Wildman–Crippen MR) is 116 cm³/mol. The van der Waals surface area contributed by atoms with Crippen LogP contribution in [0.2, 0.25) is 0 Å². The summed E-state index contributed by atoms with van der Waals surface area (Å²) in [5.41, 5.74) is 3.64. The molecule has 0 aliphatic carbocycles. The molecule has 1 aromatic carbocycles. The van der Waals surface area contributed by atoms with E-state index in [-0.39, 0.29) is 12.4 Å². The SMILES string of the molecule is COCc1nnc(-c2cnc(-c3ccc(F)cc3C)cc2OC)n1-c1ccc(OC)nc1. The molecule has 0 fully saturated rings. The first kappa shape index (κ1) is 21.4. The first-order chi connectivity index (χ1) is 15.5. The van der Waals surface area contributed by atoms with E-state index in [1.807, 2.05) is 17.6 Å². The van der Waals surface area contributed by atoms with Crippen molar-refractivity contribution in [1.29, 1.82) is 0 Å². The van der Waals surface area contributed by atoms with Crippen molar-refractivity contribution in [2.45, 2.75) is 13.5 Å². The maximum absolute atomic E-state index is 13.5. The van der Waals surface area contributed by atoms with Gasteiger partial charge in [-0.15, -0.1) is 10.2 Å². The van der Waals surface area contributed by atoms with Gasteiger partial charge >= 0.3 is 0 Å². The van der Waals surface area contributed by atoms with Gasteiger partial charge in [-0.05, 0) is 36.8 Å². The normalized spacial score (nSPS) is 10.9. The summed E-state index contributed by atoms with van der Waals surface area (Å²) in [5.74, 6) is 1.88. The van der Waals surface area contributed by atoms with Gasteiger partial charge in [0.1, 0.15) is 18.2 Å². The van der Waals surface area contributed by atoms with E-state index in [0.717, 1.165) is 16.8 Å². The Labute approximate surface area is 184 Å². The maximum atomic E-state index is 13.5. The third-order valence-electron chi connectivity index (χ3n) is 4.98. The van der Waals surface area contributed by atoms with Gasteiger partial charge in [-0.3, -0.25) is 9.55 Å². The Bertz CT molecular complexity index is 1240. The zero-order valence-corrected chi connectivity index (χ0v) is 18.2. The number of pyridine rings is 2. The second kappa shape index (κ2) is 9.11. The van der Waals surface area contributed by atoms with Gasteiger partial charge in [0.2, 0.25) is 5.88 Å². The molecule has 32 heavy (non-hydrogen) atoms. The summed E-state index contributed by atoms with van der Waals surface area (Å²) in [6, 6.07) is 10.0. The molecule has 0 amide bonds. The van der Waals surface area contributed by atoms with Crippen molar-refractivity contribution in [3.8, 4) is 40.0 Å². The molecule has 0 bridgehead atoms. The smallest absolute Gasteiger partial charge is 0.213 e. The fraction of sp³-hybridized carbons (Fsp3) is 0.217. The monoisotopic (exact) mass is 435 g/mol. The highest BCUT2D eigenvalue weighted by molar-refractivity contribution is 5.72. The number of hydrogen-bond acceptors (Lipinski definition) is 7. The molecule has 0 aliphatic rings. The fourth-order valence-electron chi connectivity index (χ4n) is 3.45. The summed E-state index contributed by atoms with van der Waals surface area (Å²) >= 11 is 0. The number of aromatic nitrogens is 5. The number of methoxy groups -OCH3 is 3. The van der Waals surface area contributed by atoms with E-state index in [4.69, 9.17) is 14.2 Å². The molecule has 4 aromatic rings. The lowest BCUT2D eigenvalue weighted by atomic mass is 10.0. The Hall–Kier alpha value is -3.85. The van der Waals surface area contributed by atoms with Crippen LogP contribution >= 0.6 is 0 Å². The summed E-state index contributed by atoms with van der Waals surface area (Å²) in [6.45, 7) is 2.09. The molecule has 164 valence electrons. The van der Waals surface area contributed by atoms with Crippen LogP contribution in [0.15, 0.2) is 48.8 Å². The van der Waals surface area contributed by atoms with Crippen molar-refractivity contribution in [2.75, 3.05) is 21.3 Å². The lowest BCUT2D eigenvalue weighted by Gasteiger charge is -2.14. The van der Waals surface area contributed by atoms with E-state index in [1.165, 1.54) is 12.1 Å². The first-order valence-corrected chi connectivity index (χ1v) is 9.80. The lowest BCUT2D eigenvalue weighted by Crippen LogP contribution is -2.06. The molecule has 0 aliphatic heterocycles. The van der Waals surface area contributed by atoms with Crippen LogP contribution in [-0.4, -0.2) is 46.1 Å². The molecule has 0 saturated carbocycles. The van der Waals surface area contributed by atoms with E-state index in [0.29, 0.717) is 34.5 Å². The van der Waals surface area contributed by atoms with E-state index in [2.05, 4.69) is 20.2 Å². The minimum Gasteiger partial charge on any atom is -0.496 e. The Morgan fingerprint density at radius 3 is 2.41 bits per heavy atom. The van der Waals surface area contributed by atoms with Crippen molar-refractivity contribution in [3.05, 3.63) is 66.0 Å². The molecule has 0 saturated heterocycles. The van der Waals surface area contributed by atoms with Crippen molar-refractivity contribution in [2.24, 2.45) is 0 Å². The van der Waals surface area contributed by atoms with Crippen LogP contribution in [0.5, 0.6) is 11.6 Å². The number of rotatable bonds is 7. The van der Waals surface area contributed by atoms with Gasteiger partial charge in [0, 0.05) is 31.0 Å². The summed E-state index contributed by atoms with van der Waals surface area (Å²) in [5, 5.41) is 8.65. The third-order valence-corrected chi connectivity index (χ3v) is 4.98. The van der Waals surface area contributed by atoms with Gasteiger partial charge in [-0.2, -0.15) is 0 Å². The van der Waals surface area contributed by atoms with E-state index in [1.54, 1.807) is 51.9 Å². The highest BCUT2D eigenvalue weighted by atomic mass is 19.1. The summed E-state index contributed by atoms with van der Waals surface area (Å²) in [6.07, 6.45) is 3.34. The van der Waals surface area contributed by atoms with Gasteiger partial charge < -0.3 is 14.2 Å². The number of benzene rings is 1. The molecule has 3 heterocycles. The predicted octanol–water partition coefficient (Wildman–Crippen LogP) is 4.00. The molecule has 0 unspecified atom stereocenters. The molecule has 0 radical (unpaired) electrons. The summed E-state index contributed by atoms with van der Waals surface area (Å²) < 4.78 is 31.5. The van der Waals surface area contributed by atoms with Gasteiger partial charge in [0.05, 0.1) is 37.4 Å². The van der Waals surface area contributed by atoms with Crippen LogP contribution < -0.4 is 9.47 Å². The highest BCUT2D eigenvalue weighted by Gasteiger charge is 2.20. The van der Waals surface area contributed by atoms with Crippen molar-refractivity contribution < 1.29 is 18.6 Å². The fourth-order valence-corrected chi connectivity index (χ4v) is 3.45. The van der Waals surface area contributed by atoms with Crippen LogP contribution in [0.3, 0.4) is 0 Å². The number of aryl methyl sites for hydroxylation is 1. The summed E-state index contributed by atoms with van der Waals surface area (Å²) in [4.78, 5) is 8.88. The Morgan fingerprint density at radius 1 is 0.906 bits per heavy atom. The topological polar surface area (TPSA) is 84.2 Å². The number of hydrogen-bond donors (Lipinski definition) is 0. The van der Waals surface area contributed by atoms with Crippen LogP contribution in [-0.2, 0) is 11.3 Å². The largest absolute Gasteiger partial charge is 0.496 e. The van der Waals surface area contributed by atoms with Gasteiger partial charge in [0.15, 0.2) is 11.6 Å². The minimum atomic E-state index is -0.290. The average molecular weight is 435 g/mol. The molecule has 0 N–H and O–H groups in total. The zero-order chi connectivity index (χ0) is 22.7. The first-order valence-electron chi connectivity index (χ1n) is 9.80. The van der Waals surface area contributed by atoms with Gasteiger partial charge in [-0.25, -0.2) is 9.37 Å². The molecule has 4 rings (SSSR count). The van der Waals surface area contributed by atoms with Crippen molar-refractivity contribution in [3.63, 3.8) is 0 Å². The van der Waals surface area contributed by atoms with Crippen molar-refractivity contribution in [1.82, 2.24) is 24.7 Å². The zero-order valence-electron chi connectivity index (χ0n) is 18.2. The number of halogens is 1. The molecule has 0 atom stereocenters. The Balaban J connectivity index is 1.84. The molecule has 9 heteroatoms. The van der Waals surface area contributed by atoms with E-state index < -0.39 is 0 Å². The molecule has 0 spiro atoms. The van der Waals surface area contributed by atoms with Gasteiger partial charge in [0.25, 0.3) is 0 Å². The van der Waals surface area contributed by atoms with E-state index >= 15 is 0 Å². The second-order valence-electron chi connectivity index (χ2n) is 7.00. The summed E-state index contributed by atoms with van der Waals surface area (Å²) in [7, 11) is 4.72. The standard InChI is InChI=1S/C23H22FN5O3/c1-14-9-15(24)5-7-17(14)19-10-20(31-3)18(12-25-19)23-28-27-21(13-30-2)29(23)16-6-8-22(32-4)26-11-16/h5-12H,13H2,1-4H3. The highest BCUT2D eigenvalue weighted by Crippen LogP contribution is 2.34. The quantitative estimate of drug-likeness (QED) is 0.434. The van der Waals surface area contributed by atoms with Crippen LogP contribution in [0.25, 0.3) is 28.3 Å². The van der Waals surface area contributed by atoms with Crippen LogP contribution in [0.1, 0.15) is 11.4 Å². The number of ether oxygens (including phenoxy) is 3. The van der Waals surface area contributed by atoms with E-state index in [9.17, 15) is 4.39 Å². The Kier molecular flexibility index (Phi) is 6.09. The molecule has 8 nitrogen and oxygen atoms in total. The molecular weight excluding hydrogens is 413 g/mol. The number of nitrogens with zero attached hydrogens (tertiary/aromatic N) is 5. The molecular formula is C23H22FN5O3. The third kappa shape index (κ3) is 4.02. The van der Waals surface area contributed by atoms with Crippen molar-refractivity contribution >= 4 is 0 Å². The minimum absolute atomic E-state index is 0.252. The lowest BCUT2D eigenvalue weighted by molar-refractivity contribution is 0.176. The average Bonchev–Trinajstić information content (AvgIpc) is 3.22. The van der Waals surface area contributed by atoms with Crippen LogP contribution in [0, 0.1) is 12.7 Å². The van der Waals surface area contributed by atoms with Crippen LogP contribution in [0.4, 0.5) is 4.39 Å². The molecule has 3 aromatic heterocycles. The maximum Gasteiger partial charge on any atom is 0.213 e. The second-order valence-corrected chi connectivity index (χ2v) is 7.00. The Morgan fingerprint density at radius 2 is 1.75 bits per heavy atom.